The van der Waals surface area contributed by atoms with E-state index in [0.29, 0.717) is 5.92 Å². The molecule has 0 aromatic heterocycles. The highest BCUT2D eigenvalue weighted by atomic mass is 16.5. The summed E-state index contributed by atoms with van der Waals surface area (Å²) in [5.41, 5.74) is 3.74. The van der Waals surface area contributed by atoms with Crippen LogP contribution in [0.5, 0.6) is 5.75 Å². The van der Waals surface area contributed by atoms with Crippen LogP contribution < -0.4 is 10.1 Å². The molecule has 0 fully saturated rings. The predicted octanol–water partition coefficient (Wildman–Crippen LogP) is 4.94. The van der Waals surface area contributed by atoms with E-state index in [4.69, 9.17) is 4.74 Å². The van der Waals surface area contributed by atoms with Gasteiger partial charge in [0.25, 0.3) is 0 Å². The normalized spacial score (nSPS) is 10.5. The lowest BCUT2D eigenvalue weighted by molar-refractivity contribution is 0.415. The molecule has 23 heavy (non-hydrogen) atoms. The Morgan fingerprint density at radius 2 is 1.26 bits per heavy atom. The Balaban J connectivity index is 1.79. The fourth-order valence-corrected chi connectivity index (χ4v) is 2.73. The van der Waals surface area contributed by atoms with Gasteiger partial charge in [-0.05, 0) is 35.4 Å². The van der Waals surface area contributed by atoms with E-state index in [2.05, 4.69) is 66.0 Å². The van der Waals surface area contributed by atoms with Crippen molar-refractivity contribution in [2.75, 3.05) is 19.0 Å². The molecule has 0 aliphatic carbocycles. The number of anilines is 1. The summed E-state index contributed by atoms with van der Waals surface area (Å²) in [6.45, 7) is 0.848. The highest BCUT2D eigenvalue weighted by Crippen LogP contribution is 2.25. The van der Waals surface area contributed by atoms with Crippen LogP contribution >= 0.6 is 0 Å². The Morgan fingerprint density at radius 3 is 1.74 bits per heavy atom. The third-order valence-corrected chi connectivity index (χ3v) is 4.00. The molecule has 0 spiro atoms. The molecule has 0 radical (unpaired) electrons. The number of methoxy groups -OCH3 is 1. The highest BCUT2D eigenvalue weighted by Gasteiger charge is 2.13. The summed E-state index contributed by atoms with van der Waals surface area (Å²) >= 11 is 0. The van der Waals surface area contributed by atoms with Gasteiger partial charge >= 0.3 is 0 Å². The monoisotopic (exact) mass is 303 g/mol. The first kappa shape index (κ1) is 15.2. The largest absolute Gasteiger partial charge is 0.497 e. The second-order valence-corrected chi connectivity index (χ2v) is 5.48. The zero-order valence-corrected chi connectivity index (χ0v) is 13.3. The Bertz CT molecular complexity index is 668. The van der Waals surface area contributed by atoms with Gasteiger partial charge in [-0.25, -0.2) is 0 Å². The van der Waals surface area contributed by atoms with Crippen molar-refractivity contribution in [3.63, 3.8) is 0 Å². The minimum absolute atomic E-state index is 0.319. The lowest BCUT2D eigenvalue weighted by Crippen LogP contribution is -2.14. The third kappa shape index (κ3) is 3.92. The van der Waals surface area contributed by atoms with Crippen molar-refractivity contribution in [2.24, 2.45) is 0 Å². The van der Waals surface area contributed by atoms with Gasteiger partial charge in [0.05, 0.1) is 7.11 Å². The lowest BCUT2D eigenvalue weighted by atomic mass is 9.91. The Labute approximate surface area is 137 Å². The molecule has 116 valence electrons. The number of benzene rings is 3. The molecule has 0 aliphatic heterocycles. The van der Waals surface area contributed by atoms with Crippen molar-refractivity contribution >= 4 is 5.69 Å². The van der Waals surface area contributed by atoms with Gasteiger partial charge in [0, 0.05) is 18.2 Å². The summed E-state index contributed by atoms with van der Waals surface area (Å²) < 4.78 is 5.21. The number of rotatable bonds is 6. The maximum Gasteiger partial charge on any atom is 0.119 e. The van der Waals surface area contributed by atoms with Crippen LogP contribution in [0.25, 0.3) is 0 Å². The number of hydrogen-bond donors (Lipinski definition) is 1. The van der Waals surface area contributed by atoms with E-state index in [1.54, 1.807) is 7.11 Å². The van der Waals surface area contributed by atoms with Gasteiger partial charge in [-0.15, -0.1) is 0 Å². The van der Waals surface area contributed by atoms with E-state index in [-0.39, 0.29) is 0 Å². The first-order valence-electron chi connectivity index (χ1n) is 7.84. The Kier molecular flexibility index (Phi) is 4.95. The summed E-state index contributed by atoms with van der Waals surface area (Å²) in [5, 5.41) is 3.54. The standard InChI is InChI=1S/C21H21NO/c1-23-20-14-12-19(13-15-20)22-16-21(17-8-4-2-5-9-17)18-10-6-3-7-11-18/h2-15,21-22H,16H2,1H3. The van der Waals surface area contributed by atoms with E-state index in [1.807, 2.05) is 24.3 Å². The average Bonchev–Trinajstić information content (AvgIpc) is 2.64. The van der Waals surface area contributed by atoms with Crippen LogP contribution in [-0.4, -0.2) is 13.7 Å². The molecule has 0 aliphatic rings. The van der Waals surface area contributed by atoms with Crippen molar-refractivity contribution in [1.82, 2.24) is 0 Å². The van der Waals surface area contributed by atoms with E-state index < -0.39 is 0 Å². The van der Waals surface area contributed by atoms with Crippen LogP contribution in [0.1, 0.15) is 17.0 Å². The second kappa shape index (κ2) is 7.50. The first-order valence-corrected chi connectivity index (χ1v) is 7.84. The minimum Gasteiger partial charge on any atom is -0.497 e. The van der Waals surface area contributed by atoms with Crippen LogP contribution in [0, 0.1) is 0 Å². The topological polar surface area (TPSA) is 21.3 Å². The molecule has 2 nitrogen and oxygen atoms in total. The fraction of sp³-hybridized carbons (Fsp3) is 0.143. The molecule has 3 rings (SSSR count). The van der Waals surface area contributed by atoms with Gasteiger partial charge < -0.3 is 10.1 Å². The second-order valence-electron chi connectivity index (χ2n) is 5.48. The zero-order chi connectivity index (χ0) is 15.9. The smallest absolute Gasteiger partial charge is 0.119 e. The van der Waals surface area contributed by atoms with E-state index in [9.17, 15) is 0 Å². The van der Waals surface area contributed by atoms with Gasteiger partial charge in [0.2, 0.25) is 0 Å². The van der Waals surface area contributed by atoms with E-state index in [0.717, 1.165) is 18.0 Å². The third-order valence-electron chi connectivity index (χ3n) is 4.00. The van der Waals surface area contributed by atoms with Gasteiger partial charge in [-0.2, -0.15) is 0 Å². The molecule has 0 bridgehead atoms. The van der Waals surface area contributed by atoms with Crippen LogP contribution in [0.15, 0.2) is 84.9 Å². The Morgan fingerprint density at radius 1 is 0.739 bits per heavy atom. The van der Waals surface area contributed by atoms with Crippen molar-refractivity contribution in [3.05, 3.63) is 96.1 Å². The Hall–Kier alpha value is -2.74. The minimum atomic E-state index is 0.319. The predicted molar refractivity (Wildman–Crippen MR) is 96.2 cm³/mol. The van der Waals surface area contributed by atoms with Crippen molar-refractivity contribution in [3.8, 4) is 5.75 Å². The number of nitrogens with one attached hydrogen (secondary N) is 1. The lowest BCUT2D eigenvalue weighted by Gasteiger charge is -2.19. The van der Waals surface area contributed by atoms with Crippen molar-refractivity contribution in [2.45, 2.75) is 5.92 Å². The summed E-state index contributed by atoms with van der Waals surface area (Å²) in [5.74, 6) is 1.19. The van der Waals surface area contributed by atoms with Gasteiger partial charge in [-0.3, -0.25) is 0 Å². The maximum atomic E-state index is 5.21. The van der Waals surface area contributed by atoms with Gasteiger partial charge in [0.1, 0.15) is 5.75 Å². The molecule has 3 aromatic carbocycles. The quantitative estimate of drug-likeness (QED) is 0.696. The maximum absolute atomic E-state index is 5.21. The molecular formula is C21H21NO. The van der Waals surface area contributed by atoms with Crippen LogP contribution in [0.2, 0.25) is 0 Å². The van der Waals surface area contributed by atoms with Crippen LogP contribution in [0.4, 0.5) is 5.69 Å². The van der Waals surface area contributed by atoms with Gasteiger partial charge in [0.15, 0.2) is 0 Å². The molecule has 0 unspecified atom stereocenters. The van der Waals surface area contributed by atoms with E-state index >= 15 is 0 Å². The van der Waals surface area contributed by atoms with Gasteiger partial charge in [-0.1, -0.05) is 60.7 Å². The molecular weight excluding hydrogens is 282 g/mol. The number of hydrogen-bond acceptors (Lipinski definition) is 2. The summed E-state index contributed by atoms with van der Waals surface area (Å²) in [7, 11) is 1.68. The summed E-state index contributed by atoms with van der Waals surface area (Å²) in [4.78, 5) is 0. The first-order chi connectivity index (χ1) is 11.4. The zero-order valence-electron chi connectivity index (χ0n) is 13.3. The van der Waals surface area contributed by atoms with Crippen LogP contribution in [-0.2, 0) is 0 Å². The van der Waals surface area contributed by atoms with E-state index in [1.165, 1.54) is 11.1 Å². The molecule has 2 heteroatoms. The molecule has 3 aromatic rings. The fourth-order valence-electron chi connectivity index (χ4n) is 2.73. The molecule has 0 heterocycles. The average molecular weight is 303 g/mol. The highest BCUT2D eigenvalue weighted by molar-refractivity contribution is 5.47. The molecule has 0 saturated heterocycles. The van der Waals surface area contributed by atoms with Crippen LogP contribution in [0.3, 0.4) is 0 Å². The molecule has 0 atom stereocenters. The summed E-state index contributed by atoms with van der Waals surface area (Å²) in [6.07, 6.45) is 0. The number of ether oxygens (including phenoxy) is 1. The summed E-state index contributed by atoms with van der Waals surface area (Å²) in [6, 6.07) is 29.3. The van der Waals surface area contributed by atoms with Crippen molar-refractivity contribution in [1.29, 1.82) is 0 Å². The van der Waals surface area contributed by atoms with Crippen molar-refractivity contribution < 1.29 is 4.74 Å². The molecule has 0 amide bonds. The molecule has 0 saturated carbocycles. The molecule has 1 N–H and O–H groups in total. The SMILES string of the molecule is COc1ccc(NCC(c2ccccc2)c2ccccc2)cc1.